The number of carbonyl (C=O) groups excluding carboxylic acids is 1. The molecule has 4 rings (SSSR count). The van der Waals surface area contributed by atoms with E-state index in [1.807, 2.05) is 44.2 Å². The van der Waals surface area contributed by atoms with Gasteiger partial charge in [-0.1, -0.05) is 70.5 Å². The van der Waals surface area contributed by atoms with E-state index in [0.717, 1.165) is 4.47 Å². The van der Waals surface area contributed by atoms with Crippen LogP contribution in [0.5, 0.6) is 5.75 Å². The highest BCUT2D eigenvalue weighted by Crippen LogP contribution is 2.61. The number of hydrogen-bond donors (Lipinski definition) is 1. The van der Waals surface area contributed by atoms with Crippen molar-refractivity contribution in [3.63, 3.8) is 0 Å². The molecule has 1 N–H and O–H groups in total. The van der Waals surface area contributed by atoms with Gasteiger partial charge in [0, 0.05) is 4.47 Å². The molecule has 0 aromatic heterocycles. The van der Waals surface area contributed by atoms with Crippen LogP contribution in [0.2, 0.25) is 0 Å². The predicted octanol–water partition coefficient (Wildman–Crippen LogP) is 6.49. The summed E-state index contributed by atoms with van der Waals surface area (Å²) in [6, 6.07) is 38.7. The number of aliphatic hydroxyl groups is 1. The molecule has 4 aromatic rings. The smallest absolute Gasteiger partial charge is 0.314 e. The number of halogens is 1. The highest BCUT2D eigenvalue weighted by molar-refractivity contribution is 9.10. The van der Waals surface area contributed by atoms with Crippen molar-refractivity contribution in [2.45, 2.75) is 39.0 Å². The molecule has 2 atom stereocenters. The number of aliphatic hydroxyl groups excluding tert-OH is 1. The molecule has 0 spiro atoms. The first kappa shape index (κ1) is 29.0. The molecule has 39 heavy (non-hydrogen) atoms. The summed E-state index contributed by atoms with van der Waals surface area (Å²) in [6.07, 6.45) is -0.520. The normalized spacial score (nSPS) is 13.4. The van der Waals surface area contributed by atoms with Gasteiger partial charge in [0.25, 0.3) is 0 Å². The second-order valence-electron chi connectivity index (χ2n) is 10.3. The Morgan fingerprint density at radius 2 is 1.23 bits per heavy atom. The Hall–Kier alpha value is -2.98. The molecule has 0 heterocycles. The van der Waals surface area contributed by atoms with Crippen LogP contribution in [-0.2, 0) is 9.53 Å². The number of benzene rings is 4. The average Bonchev–Trinajstić information content (AvgIpc) is 2.96. The van der Waals surface area contributed by atoms with Gasteiger partial charge < -0.3 is 14.6 Å². The number of hydrogen-bond acceptors (Lipinski definition) is 4. The molecule has 0 aliphatic heterocycles. The zero-order valence-electron chi connectivity index (χ0n) is 22.5. The fourth-order valence-electron chi connectivity index (χ4n) is 5.05. The van der Waals surface area contributed by atoms with Crippen LogP contribution in [0.4, 0.5) is 0 Å². The zero-order valence-corrected chi connectivity index (χ0v) is 25.0. The molecule has 0 fully saturated rings. The molecule has 0 saturated carbocycles. The summed E-state index contributed by atoms with van der Waals surface area (Å²) in [4.78, 5) is 13.1. The number of rotatable bonds is 11. The van der Waals surface area contributed by atoms with E-state index in [4.69, 9.17) is 9.47 Å². The Morgan fingerprint density at radius 1 is 0.795 bits per heavy atom. The molecule has 0 amide bonds. The largest absolute Gasteiger partial charge is 0.457 e. The van der Waals surface area contributed by atoms with Crippen LogP contribution < -0.4 is 20.7 Å². The summed E-state index contributed by atoms with van der Waals surface area (Å²) >= 11 is 3.39. The Labute approximate surface area is 240 Å². The molecule has 4 nitrogen and oxygen atoms in total. The van der Waals surface area contributed by atoms with Crippen molar-refractivity contribution in [1.82, 2.24) is 0 Å². The molecule has 0 aliphatic carbocycles. The van der Waals surface area contributed by atoms with Gasteiger partial charge >= 0.3 is 5.97 Å². The number of ether oxygens (including phenoxy) is 2. The molecule has 0 aliphatic rings. The third kappa shape index (κ3) is 6.61. The molecule has 6 heteroatoms. The van der Waals surface area contributed by atoms with Crippen molar-refractivity contribution in [3.8, 4) is 5.75 Å². The lowest BCUT2D eigenvalue weighted by Gasteiger charge is -2.37. The minimum atomic E-state index is -2.31. The minimum absolute atomic E-state index is 0.171. The van der Waals surface area contributed by atoms with Crippen molar-refractivity contribution in [2.24, 2.45) is 5.41 Å². The SMILES string of the molecule is C[C@@H]([C@H](O)CC(C)(C)C(=O)OCOc1ccc(Br)cc1)[P+](c1ccccc1)(c1ccccc1)c1ccccc1. The molecule has 4 aromatic carbocycles. The summed E-state index contributed by atoms with van der Waals surface area (Å²) in [5.74, 6) is 0.203. The average molecular weight is 607 g/mol. The fraction of sp³-hybridized carbons (Fsp3) is 0.242. The fourth-order valence-corrected chi connectivity index (χ4v) is 10.2. The van der Waals surface area contributed by atoms with Gasteiger partial charge in [-0.15, -0.1) is 0 Å². The van der Waals surface area contributed by atoms with Gasteiger partial charge in [-0.3, -0.25) is 4.79 Å². The minimum Gasteiger partial charge on any atom is -0.457 e. The van der Waals surface area contributed by atoms with E-state index in [0.29, 0.717) is 5.75 Å². The monoisotopic (exact) mass is 605 g/mol. The van der Waals surface area contributed by atoms with Crippen LogP contribution in [0.1, 0.15) is 27.2 Å². The summed E-state index contributed by atoms with van der Waals surface area (Å²) in [6.45, 7) is 5.56. The highest BCUT2D eigenvalue weighted by Gasteiger charge is 2.53. The standard InChI is InChI=1S/C33H35BrO4P/c1-25(31(35)23-33(2,3)32(36)38-24-37-27-21-19-26(34)20-22-27)39(28-13-7-4-8-14-28,29-15-9-5-10-16-29)30-17-11-6-12-18-30/h4-22,25,31,35H,23-24H2,1-3H3/q+1/t25-,31+/m0/s1. The molecule has 202 valence electrons. The predicted molar refractivity (Wildman–Crippen MR) is 165 cm³/mol. The second kappa shape index (κ2) is 12.9. The Balaban J connectivity index is 1.61. The summed E-state index contributed by atoms with van der Waals surface area (Å²) in [7, 11) is -2.31. The summed E-state index contributed by atoms with van der Waals surface area (Å²) < 4.78 is 12.0. The van der Waals surface area contributed by atoms with E-state index >= 15 is 0 Å². The van der Waals surface area contributed by atoms with Crippen LogP contribution >= 0.6 is 23.2 Å². The van der Waals surface area contributed by atoms with Crippen LogP contribution in [0, 0.1) is 5.41 Å². The molecule has 0 saturated heterocycles. The van der Waals surface area contributed by atoms with E-state index in [1.165, 1.54) is 15.9 Å². The van der Waals surface area contributed by atoms with Gasteiger partial charge in [0.15, 0.2) is 0 Å². The van der Waals surface area contributed by atoms with Crippen LogP contribution in [0.25, 0.3) is 0 Å². The molecular formula is C33H35BrO4P+. The number of esters is 1. The lowest BCUT2D eigenvalue weighted by atomic mass is 9.86. The maximum Gasteiger partial charge on any atom is 0.314 e. The first-order chi connectivity index (χ1) is 18.7. The maximum atomic E-state index is 13.1. The lowest BCUT2D eigenvalue weighted by Crippen LogP contribution is -2.44. The quantitative estimate of drug-likeness (QED) is 0.121. The number of carbonyl (C=O) groups is 1. The van der Waals surface area contributed by atoms with E-state index in [9.17, 15) is 9.90 Å². The topological polar surface area (TPSA) is 55.8 Å². The van der Waals surface area contributed by atoms with E-state index in [1.54, 1.807) is 12.1 Å². The second-order valence-corrected chi connectivity index (χ2v) is 15.0. The van der Waals surface area contributed by atoms with Crippen LogP contribution in [-0.4, -0.2) is 29.6 Å². The van der Waals surface area contributed by atoms with Crippen molar-refractivity contribution in [2.75, 3.05) is 6.79 Å². The third-order valence-corrected chi connectivity index (χ3v) is 12.6. The van der Waals surface area contributed by atoms with Gasteiger partial charge in [-0.05, 0) is 87.9 Å². The van der Waals surface area contributed by atoms with Crippen molar-refractivity contribution in [3.05, 3.63) is 120 Å². The highest BCUT2D eigenvalue weighted by atomic mass is 79.9. The van der Waals surface area contributed by atoms with Crippen molar-refractivity contribution in [1.29, 1.82) is 0 Å². The molecule has 0 radical (unpaired) electrons. The summed E-state index contributed by atoms with van der Waals surface area (Å²) in [5, 5.41) is 15.4. The first-order valence-corrected chi connectivity index (χ1v) is 15.7. The van der Waals surface area contributed by atoms with Gasteiger partial charge in [0.05, 0.1) is 11.5 Å². The van der Waals surface area contributed by atoms with Gasteiger partial charge in [-0.25, -0.2) is 0 Å². The van der Waals surface area contributed by atoms with E-state index in [-0.39, 0.29) is 18.9 Å². The van der Waals surface area contributed by atoms with Crippen molar-refractivity contribution < 1.29 is 19.4 Å². The zero-order chi connectivity index (χ0) is 27.9. The lowest BCUT2D eigenvalue weighted by molar-refractivity contribution is -0.162. The molecule has 0 bridgehead atoms. The Bertz CT molecular complexity index is 1230. The van der Waals surface area contributed by atoms with Crippen LogP contribution in [0.15, 0.2) is 120 Å². The summed E-state index contributed by atoms with van der Waals surface area (Å²) in [5.41, 5.74) is -1.09. The van der Waals surface area contributed by atoms with E-state index in [2.05, 4.69) is 95.7 Å². The van der Waals surface area contributed by atoms with Gasteiger partial charge in [0.1, 0.15) is 34.6 Å². The first-order valence-electron chi connectivity index (χ1n) is 13.0. The Morgan fingerprint density at radius 3 is 1.67 bits per heavy atom. The molecule has 0 unspecified atom stereocenters. The third-order valence-electron chi connectivity index (χ3n) is 7.16. The van der Waals surface area contributed by atoms with Gasteiger partial charge in [-0.2, -0.15) is 0 Å². The van der Waals surface area contributed by atoms with E-state index < -0.39 is 24.8 Å². The molecular weight excluding hydrogens is 571 g/mol. The van der Waals surface area contributed by atoms with Crippen molar-refractivity contribution >= 4 is 45.1 Å². The van der Waals surface area contributed by atoms with Gasteiger partial charge in [0.2, 0.25) is 6.79 Å². The van der Waals surface area contributed by atoms with Crippen LogP contribution in [0.3, 0.4) is 0 Å². The maximum absolute atomic E-state index is 13.1. The Kier molecular flexibility index (Phi) is 9.61.